The van der Waals surface area contributed by atoms with E-state index in [1.165, 1.54) is 0 Å². The summed E-state index contributed by atoms with van der Waals surface area (Å²) in [6.07, 6.45) is 3.53. The third kappa shape index (κ3) is 3.31. The van der Waals surface area contributed by atoms with Crippen LogP contribution in [0.15, 0.2) is 60.9 Å². The highest BCUT2D eigenvalue weighted by Gasteiger charge is 2.11. The van der Waals surface area contributed by atoms with Gasteiger partial charge < -0.3 is 10.1 Å². The molecule has 0 aliphatic rings. The zero-order valence-corrected chi connectivity index (χ0v) is 14.9. The van der Waals surface area contributed by atoms with Crippen molar-refractivity contribution in [3.05, 3.63) is 65.9 Å². The van der Waals surface area contributed by atoms with E-state index in [2.05, 4.69) is 10.3 Å². The van der Waals surface area contributed by atoms with E-state index in [0.29, 0.717) is 5.02 Å². The van der Waals surface area contributed by atoms with E-state index >= 15 is 0 Å². The lowest BCUT2D eigenvalue weighted by Crippen LogP contribution is -1.96. The molecule has 4 nitrogen and oxygen atoms in total. The van der Waals surface area contributed by atoms with E-state index in [4.69, 9.17) is 21.3 Å². The molecule has 2 heterocycles. The fraction of sp³-hybridized carbons (Fsp3) is 0.0526. The van der Waals surface area contributed by atoms with Crippen LogP contribution in [-0.2, 0) is 0 Å². The van der Waals surface area contributed by atoms with Crippen molar-refractivity contribution < 1.29 is 4.74 Å². The maximum Gasteiger partial charge on any atom is 0.119 e. The van der Waals surface area contributed by atoms with E-state index in [0.717, 1.165) is 38.9 Å². The molecule has 0 amide bonds. The summed E-state index contributed by atoms with van der Waals surface area (Å²) in [5.41, 5.74) is 3.58. The molecule has 4 rings (SSSR count). The Morgan fingerprint density at radius 3 is 2.64 bits per heavy atom. The number of aromatic nitrogens is 2. The number of benzene rings is 2. The summed E-state index contributed by atoms with van der Waals surface area (Å²) in [5.74, 6) is 0.784. The van der Waals surface area contributed by atoms with E-state index in [9.17, 15) is 0 Å². The van der Waals surface area contributed by atoms with Gasteiger partial charge in [0.25, 0.3) is 0 Å². The summed E-state index contributed by atoms with van der Waals surface area (Å²) in [5, 5.41) is 6.09. The van der Waals surface area contributed by atoms with Gasteiger partial charge in [0.15, 0.2) is 0 Å². The minimum Gasteiger partial charge on any atom is -0.497 e. The quantitative estimate of drug-likeness (QED) is 0.475. The van der Waals surface area contributed by atoms with Gasteiger partial charge in [-0.15, -0.1) is 12.4 Å². The van der Waals surface area contributed by atoms with Crippen LogP contribution in [0, 0.1) is 0 Å². The molecular weight excluding hydrogens is 357 g/mol. The molecule has 0 saturated heterocycles. The second kappa shape index (κ2) is 7.13. The molecule has 2 aromatic heterocycles. The van der Waals surface area contributed by atoms with Crippen molar-refractivity contribution in [1.29, 1.82) is 0 Å². The van der Waals surface area contributed by atoms with Gasteiger partial charge in [-0.3, -0.25) is 4.98 Å². The first-order valence-electron chi connectivity index (χ1n) is 7.49. The molecule has 0 bridgehead atoms. The highest BCUT2D eigenvalue weighted by Crippen LogP contribution is 2.35. The first-order valence-corrected chi connectivity index (χ1v) is 7.86. The highest BCUT2D eigenvalue weighted by molar-refractivity contribution is 6.31. The average Bonchev–Trinajstić information content (AvgIpc) is 2.62. The smallest absolute Gasteiger partial charge is 0.119 e. The second-order valence-electron chi connectivity index (χ2n) is 5.40. The SMILES string of the molecule is COc1ccc2nc3cc(Cl)ccc3c(Nc3cccnc3)c2c1.Cl. The molecule has 6 heteroatoms. The summed E-state index contributed by atoms with van der Waals surface area (Å²) >= 11 is 6.14. The fourth-order valence-electron chi connectivity index (χ4n) is 2.74. The summed E-state index contributed by atoms with van der Waals surface area (Å²) in [6.45, 7) is 0. The molecule has 0 fully saturated rings. The van der Waals surface area contributed by atoms with Gasteiger partial charge in [0.05, 0.1) is 35.7 Å². The lowest BCUT2D eigenvalue weighted by Gasteiger charge is -2.14. The number of nitrogens with zero attached hydrogens (tertiary/aromatic N) is 2. The van der Waals surface area contributed by atoms with Gasteiger partial charge in [-0.05, 0) is 48.5 Å². The van der Waals surface area contributed by atoms with E-state index in [1.807, 2.05) is 48.5 Å². The van der Waals surface area contributed by atoms with E-state index < -0.39 is 0 Å². The lowest BCUT2D eigenvalue weighted by atomic mass is 10.1. The number of halogens is 2. The Morgan fingerprint density at radius 1 is 1.00 bits per heavy atom. The monoisotopic (exact) mass is 371 g/mol. The minimum absolute atomic E-state index is 0. The van der Waals surface area contributed by atoms with Gasteiger partial charge in [0.2, 0.25) is 0 Å². The van der Waals surface area contributed by atoms with Crippen LogP contribution in [0.25, 0.3) is 21.8 Å². The second-order valence-corrected chi connectivity index (χ2v) is 5.83. The predicted molar refractivity (Wildman–Crippen MR) is 106 cm³/mol. The van der Waals surface area contributed by atoms with Crippen molar-refractivity contribution in [2.75, 3.05) is 12.4 Å². The molecular formula is C19H15Cl2N3O. The highest BCUT2D eigenvalue weighted by atomic mass is 35.5. The number of rotatable bonds is 3. The molecule has 0 saturated carbocycles. The van der Waals surface area contributed by atoms with Crippen LogP contribution in [0.3, 0.4) is 0 Å². The fourth-order valence-corrected chi connectivity index (χ4v) is 2.91. The summed E-state index contributed by atoms with van der Waals surface area (Å²) in [4.78, 5) is 8.89. The van der Waals surface area contributed by atoms with Crippen molar-refractivity contribution in [2.45, 2.75) is 0 Å². The van der Waals surface area contributed by atoms with Crippen molar-refractivity contribution in [3.8, 4) is 5.75 Å². The molecule has 4 aromatic rings. The Bertz CT molecular complexity index is 1040. The molecule has 0 aliphatic carbocycles. The maximum atomic E-state index is 6.14. The van der Waals surface area contributed by atoms with Gasteiger partial charge in [0.1, 0.15) is 5.75 Å². The van der Waals surface area contributed by atoms with Crippen LogP contribution >= 0.6 is 24.0 Å². The largest absolute Gasteiger partial charge is 0.497 e. The average molecular weight is 372 g/mol. The van der Waals surface area contributed by atoms with Crippen LogP contribution in [0.1, 0.15) is 0 Å². The Hall–Kier alpha value is -2.56. The Kier molecular flexibility index (Phi) is 4.93. The van der Waals surface area contributed by atoms with Crippen molar-refractivity contribution in [3.63, 3.8) is 0 Å². The van der Waals surface area contributed by atoms with Crippen LogP contribution in [-0.4, -0.2) is 17.1 Å². The zero-order valence-electron chi connectivity index (χ0n) is 13.4. The number of hydrogen-bond donors (Lipinski definition) is 1. The molecule has 0 unspecified atom stereocenters. The number of pyridine rings is 2. The first kappa shape index (κ1) is 17.3. The van der Waals surface area contributed by atoms with Gasteiger partial charge in [-0.2, -0.15) is 0 Å². The molecule has 0 aliphatic heterocycles. The van der Waals surface area contributed by atoms with Crippen LogP contribution in [0.2, 0.25) is 5.02 Å². The summed E-state index contributed by atoms with van der Waals surface area (Å²) < 4.78 is 5.37. The number of fused-ring (bicyclic) bond motifs is 2. The van der Waals surface area contributed by atoms with E-state index in [1.54, 1.807) is 19.5 Å². The summed E-state index contributed by atoms with van der Waals surface area (Å²) in [7, 11) is 1.66. The van der Waals surface area contributed by atoms with Crippen molar-refractivity contribution in [2.24, 2.45) is 0 Å². The third-order valence-electron chi connectivity index (χ3n) is 3.87. The number of ether oxygens (including phenoxy) is 1. The zero-order chi connectivity index (χ0) is 16.5. The number of nitrogens with one attached hydrogen (secondary N) is 1. The Balaban J connectivity index is 0.00000182. The number of hydrogen-bond acceptors (Lipinski definition) is 4. The first-order chi connectivity index (χ1) is 11.7. The number of anilines is 2. The van der Waals surface area contributed by atoms with E-state index in [-0.39, 0.29) is 12.4 Å². The molecule has 0 atom stereocenters. The van der Waals surface area contributed by atoms with Crippen molar-refractivity contribution in [1.82, 2.24) is 9.97 Å². The third-order valence-corrected chi connectivity index (χ3v) is 4.11. The topological polar surface area (TPSA) is 47.0 Å². The molecule has 126 valence electrons. The standard InChI is InChI=1S/C19H14ClN3O.ClH/c1-24-14-5-7-17-16(10-14)19(22-13-3-2-8-21-11-13)15-6-4-12(20)9-18(15)23-17;/h2-11H,1H3,(H,22,23);1H. The van der Waals surface area contributed by atoms with Crippen LogP contribution in [0.4, 0.5) is 11.4 Å². The molecule has 2 aromatic carbocycles. The predicted octanol–water partition coefficient (Wildman–Crippen LogP) is 5.61. The number of methoxy groups -OCH3 is 1. The molecule has 0 radical (unpaired) electrons. The molecule has 1 N–H and O–H groups in total. The Labute approximate surface area is 156 Å². The normalized spacial score (nSPS) is 10.5. The molecule has 25 heavy (non-hydrogen) atoms. The molecule has 0 spiro atoms. The van der Waals surface area contributed by atoms with Crippen molar-refractivity contribution >= 4 is 57.2 Å². The van der Waals surface area contributed by atoms with Gasteiger partial charge in [0, 0.05) is 22.0 Å². The van der Waals surface area contributed by atoms with Gasteiger partial charge in [-0.1, -0.05) is 11.6 Å². The van der Waals surface area contributed by atoms with Gasteiger partial charge >= 0.3 is 0 Å². The minimum atomic E-state index is 0. The van der Waals surface area contributed by atoms with Crippen LogP contribution < -0.4 is 10.1 Å². The lowest BCUT2D eigenvalue weighted by molar-refractivity contribution is 0.415. The maximum absolute atomic E-state index is 6.14. The Morgan fingerprint density at radius 2 is 1.88 bits per heavy atom. The van der Waals surface area contributed by atoms with Crippen LogP contribution in [0.5, 0.6) is 5.75 Å². The van der Waals surface area contributed by atoms with Gasteiger partial charge in [-0.25, -0.2) is 4.98 Å². The summed E-state index contributed by atoms with van der Waals surface area (Å²) in [6, 6.07) is 15.4.